The molecule has 1 aromatic rings. The number of rotatable bonds is 3. The topological polar surface area (TPSA) is 63.8 Å². The highest BCUT2D eigenvalue weighted by molar-refractivity contribution is 5.04. The van der Waals surface area contributed by atoms with E-state index in [1.54, 1.807) is 7.05 Å². The Morgan fingerprint density at radius 3 is 2.62 bits per heavy atom. The monoisotopic (exact) mass is 222 g/mol. The van der Waals surface area contributed by atoms with E-state index in [0.29, 0.717) is 18.2 Å². The molecule has 0 saturated heterocycles. The fourth-order valence-electron chi connectivity index (χ4n) is 3.35. The second-order valence-electron chi connectivity index (χ2n) is 5.16. The van der Waals surface area contributed by atoms with Crippen LogP contribution in [0.4, 0.5) is 0 Å². The number of nitrogens with zero attached hydrogens (tertiary/aromatic N) is 4. The molecule has 3 unspecified atom stereocenters. The van der Waals surface area contributed by atoms with E-state index in [1.807, 2.05) is 0 Å². The van der Waals surface area contributed by atoms with E-state index in [1.165, 1.54) is 30.5 Å². The third-order valence-electron chi connectivity index (χ3n) is 4.11. The molecule has 0 radical (unpaired) electrons. The molecular weight excluding hydrogens is 204 g/mol. The summed E-state index contributed by atoms with van der Waals surface area (Å²) in [6.45, 7) is 0. The first-order chi connectivity index (χ1) is 7.75. The molecule has 88 valence electrons. The zero-order chi connectivity index (χ0) is 11.1. The Balaban J connectivity index is 1.60. The molecule has 1 heterocycles. The van der Waals surface area contributed by atoms with E-state index in [4.69, 9.17) is 0 Å². The second kappa shape index (κ2) is 3.80. The van der Waals surface area contributed by atoms with Crippen molar-refractivity contribution in [1.82, 2.24) is 20.2 Å². The second-order valence-corrected chi connectivity index (χ2v) is 5.16. The van der Waals surface area contributed by atoms with Crippen LogP contribution >= 0.6 is 0 Å². The summed E-state index contributed by atoms with van der Waals surface area (Å²) >= 11 is 0. The van der Waals surface area contributed by atoms with Crippen LogP contribution in [-0.2, 0) is 13.5 Å². The molecule has 5 heteroatoms. The maximum absolute atomic E-state index is 10.2. The average molecular weight is 222 g/mol. The van der Waals surface area contributed by atoms with Gasteiger partial charge in [-0.1, -0.05) is 12.8 Å². The number of aliphatic hydroxyl groups is 1. The van der Waals surface area contributed by atoms with Crippen molar-refractivity contribution in [3.8, 4) is 0 Å². The number of aliphatic hydroxyl groups excluding tert-OH is 1. The first kappa shape index (κ1) is 10.2. The highest BCUT2D eigenvalue weighted by Crippen LogP contribution is 2.57. The number of aromatic nitrogens is 4. The Bertz CT molecular complexity index is 366. The quantitative estimate of drug-likeness (QED) is 0.811. The van der Waals surface area contributed by atoms with Crippen molar-refractivity contribution < 1.29 is 5.11 Å². The summed E-state index contributed by atoms with van der Waals surface area (Å²) in [6, 6.07) is 0. The van der Waals surface area contributed by atoms with Gasteiger partial charge in [-0.25, -0.2) is 0 Å². The maximum atomic E-state index is 10.2. The highest BCUT2D eigenvalue weighted by atomic mass is 16.3. The molecule has 3 rings (SSSR count). The lowest BCUT2D eigenvalue weighted by Gasteiger charge is -2.06. The van der Waals surface area contributed by atoms with Crippen LogP contribution in [0.25, 0.3) is 0 Å². The van der Waals surface area contributed by atoms with Gasteiger partial charge in [-0.2, -0.15) is 4.80 Å². The zero-order valence-corrected chi connectivity index (χ0v) is 9.58. The molecule has 2 aliphatic rings. The van der Waals surface area contributed by atoms with E-state index >= 15 is 0 Å². The first-order valence-corrected chi connectivity index (χ1v) is 6.16. The van der Waals surface area contributed by atoms with Crippen molar-refractivity contribution in [2.75, 3.05) is 0 Å². The van der Waals surface area contributed by atoms with Gasteiger partial charge in [0.15, 0.2) is 5.82 Å². The number of hydrogen-bond donors (Lipinski definition) is 1. The Morgan fingerprint density at radius 2 is 2.06 bits per heavy atom. The van der Waals surface area contributed by atoms with Crippen LogP contribution in [-0.4, -0.2) is 31.4 Å². The molecule has 2 fully saturated rings. The van der Waals surface area contributed by atoms with E-state index in [9.17, 15) is 5.11 Å². The molecule has 0 aliphatic heterocycles. The molecule has 0 spiro atoms. The largest absolute Gasteiger partial charge is 0.392 e. The number of hydrogen-bond acceptors (Lipinski definition) is 4. The van der Waals surface area contributed by atoms with Crippen molar-refractivity contribution in [2.24, 2.45) is 24.8 Å². The van der Waals surface area contributed by atoms with E-state index in [0.717, 1.165) is 11.8 Å². The zero-order valence-electron chi connectivity index (χ0n) is 9.58. The molecule has 1 aromatic heterocycles. The van der Waals surface area contributed by atoms with Gasteiger partial charge in [0, 0.05) is 6.42 Å². The van der Waals surface area contributed by atoms with Crippen LogP contribution in [0.15, 0.2) is 0 Å². The molecule has 5 nitrogen and oxygen atoms in total. The third kappa shape index (κ3) is 1.73. The van der Waals surface area contributed by atoms with Crippen LogP contribution in [0.3, 0.4) is 0 Å². The third-order valence-corrected chi connectivity index (χ3v) is 4.11. The molecule has 0 aromatic carbocycles. The summed E-state index contributed by atoms with van der Waals surface area (Å²) < 4.78 is 0. The van der Waals surface area contributed by atoms with Crippen LogP contribution < -0.4 is 0 Å². The summed E-state index contributed by atoms with van der Waals surface area (Å²) in [5, 5.41) is 22.0. The molecule has 3 atom stereocenters. The van der Waals surface area contributed by atoms with Gasteiger partial charge < -0.3 is 5.11 Å². The average Bonchev–Trinajstić information content (AvgIpc) is 2.88. The summed E-state index contributed by atoms with van der Waals surface area (Å²) in [5.74, 6) is 2.73. The van der Waals surface area contributed by atoms with Gasteiger partial charge in [-0.15, -0.1) is 10.2 Å². The van der Waals surface area contributed by atoms with Gasteiger partial charge in [0.1, 0.15) is 0 Å². The predicted molar refractivity (Wildman–Crippen MR) is 57.4 cm³/mol. The van der Waals surface area contributed by atoms with Crippen LogP contribution in [0, 0.1) is 17.8 Å². The number of fused-ring (bicyclic) bond motifs is 1. The number of tetrazole rings is 1. The van der Waals surface area contributed by atoms with Gasteiger partial charge in [0.25, 0.3) is 0 Å². The highest BCUT2D eigenvalue weighted by Gasteiger charge is 2.53. The standard InChI is InChI=1S/C11H18N4O/c1-15-13-10(12-14-15)6-9(16)11-7-4-2-3-5-8(7)11/h7-9,11,16H,2-6H2,1H3. The van der Waals surface area contributed by atoms with E-state index in [2.05, 4.69) is 15.4 Å². The lowest BCUT2D eigenvalue weighted by atomic mass is 10.0. The summed E-state index contributed by atoms with van der Waals surface area (Å²) in [4.78, 5) is 1.45. The minimum absolute atomic E-state index is 0.266. The Hall–Kier alpha value is -0.970. The first-order valence-electron chi connectivity index (χ1n) is 6.16. The summed E-state index contributed by atoms with van der Waals surface area (Å²) in [6.07, 6.45) is 5.59. The van der Waals surface area contributed by atoms with Crippen LogP contribution in [0.1, 0.15) is 31.5 Å². The van der Waals surface area contributed by atoms with Crippen molar-refractivity contribution in [2.45, 2.75) is 38.2 Å². The van der Waals surface area contributed by atoms with Gasteiger partial charge in [0.05, 0.1) is 13.2 Å². The molecule has 2 aliphatic carbocycles. The van der Waals surface area contributed by atoms with Gasteiger partial charge >= 0.3 is 0 Å². The molecular formula is C11H18N4O. The fraction of sp³-hybridized carbons (Fsp3) is 0.909. The Morgan fingerprint density at radius 1 is 1.38 bits per heavy atom. The number of aryl methyl sites for hydroxylation is 1. The Kier molecular flexibility index (Phi) is 2.42. The lowest BCUT2D eigenvalue weighted by Crippen LogP contribution is -2.16. The minimum atomic E-state index is -0.266. The summed E-state index contributed by atoms with van der Waals surface area (Å²) in [7, 11) is 1.75. The SMILES string of the molecule is Cn1nnc(CC(O)C2C3CCCCC32)n1. The van der Waals surface area contributed by atoms with Gasteiger partial charge in [0.2, 0.25) is 0 Å². The molecule has 0 amide bonds. The smallest absolute Gasteiger partial charge is 0.177 e. The predicted octanol–water partition coefficient (Wildman–Crippen LogP) is 0.550. The summed E-state index contributed by atoms with van der Waals surface area (Å²) in [5.41, 5.74) is 0. The molecule has 0 bridgehead atoms. The minimum Gasteiger partial charge on any atom is -0.392 e. The molecule has 1 N–H and O–H groups in total. The fourth-order valence-corrected chi connectivity index (χ4v) is 3.35. The van der Waals surface area contributed by atoms with Crippen molar-refractivity contribution in [1.29, 1.82) is 0 Å². The maximum Gasteiger partial charge on any atom is 0.177 e. The van der Waals surface area contributed by atoms with Crippen molar-refractivity contribution >= 4 is 0 Å². The molecule has 16 heavy (non-hydrogen) atoms. The van der Waals surface area contributed by atoms with Crippen molar-refractivity contribution in [3.63, 3.8) is 0 Å². The van der Waals surface area contributed by atoms with E-state index in [-0.39, 0.29) is 6.10 Å². The lowest BCUT2D eigenvalue weighted by molar-refractivity contribution is 0.138. The molecule has 2 saturated carbocycles. The van der Waals surface area contributed by atoms with Gasteiger partial charge in [-0.3, -0.25) is 0 Å². The van der Waals surface area contributed by atoms with E-state index < -0.39 is 0 Å². The Labute approximate surface area is 94.8 Å². The normalized spacial score (nSPS) is 34.5. The van der Waals surface area contributed by atoms with Gasteiger partial charge in [-0.05, 0) is 35.8 Å². The van der Waals surface area contributed by atoms with Crippen molar-refractivity contribution in [3.05, 3.63) is 5.82 Å². The van der Waals surface area contributed by atoms with Crippen LogP contribution in [0.5, 0.6) is 0 Å². The van der Waals surface area contributed by atoms with Crippen LogP contribution in [0.2, 0.25) is 0 Å².